The van der Waals surface area contributed by atoms with Crippen LogP contribution in [0, 0.1) is 10.7 Å². The maximum Gasteiger partial charge on any atom is 0.255 e. The SMILES string of the molecule is CC(=O)NCc1c(I)c(NC(C)=O)c(I)c(C(=O)N(C)C[C@H](O)[C@@H](O)[C@H](O)[C@H](O)CO)c1I. The van der Waals surface area contributed by atoms with Crippen LogP contribution in [0.1, 0.15) is 29.8 Å². The van der Waals surface area contributed by atoms with E-state index in [0.717, 1.165) is 4.90 Å². The van der Waals surface area contributed by atoms with E-state index in [-0.39, 0.29) is 23.9 Å². The minimum Gasteiger partial charge on any atom is -0.394 e. The molecule has 0 unspecified atom stereocenters. The van der Waals surface area contributed by atoms with Crippen LogP contribution in [0.4, 0.5) is 5.69 Å². The van der Waals surface area contributed by atoms with Crippen molar-refractivity contribution in [1.29, 1.82) is 0 Å². The smallest absolute Gasteiger partial charge is 0.255 e. The Morgan fingerprint density at radius 3 is 1.94 bits per heavy atom. The molecule has 0 radical (unpaired) electrons. The molecule has 4 atom stereocenters. The lowest BCUT2D eigenvalue weighted by molar-refractivity contribution is -0.119. The van der Waals surface area contributed by atoms with Gasteiger partial charge >= 0.3 is 0 Å². The van der Waals surface area contributed by atoms with Gasteiger partial charge < -0.3 is 41.1 Å². The number of aliphatic hydroxyl groups is 5. The van der Waals surface area contributed by atoms with Gasteiger partial charge in [-0.05, 0) is 67.8 Å². The molecule has 11 nitrogen and oxygen atoms in total. The normalized spacial score (nSPS) is 14.8. The summed E-state index contributed by atoms with van der Waals surface area (Å²) in [5.74, 6) is -1.16. The molecule has 0 spiro atoms. The summed E-state index contributed by atoms with van der Waals surface area (Å²) in [7, 11) is 1.38. The number of rotatable bonds is 10. The average Bonchev–Trinajstić information content (AvgIpc) is 2.74. The summed E-state index contributed by atoms with van der Waals surface area (Å²) in [5, 5.41) is 53.9. The number of carbonyl (C=O) groups is 3. The van der Waals surface area contributed by atoms with E-state index in [1.165, 1.54) is 20.9 Å². The summed E-state index contributed by atoms with van der Waals surface area (Å²) in [6.07, 6.45) is -6.92. The molecule has 0 heterocycles. The fourth-order valence-electron chi connectivity index (χ4n) is 2.78. The lowest BCUT2D eigenvalue weighted by Gasteiger charge is -2.29. The van der Waals surface area contributed by atoms with E-state index in [1.54, 1.807) is 0 Å². The largest absolute Gasteiger partial charge is 0.394 e. The maximum absolute atomic E-state index is 13.3. The Labute approximate surface area is 231 Å². The standard InChI is InChI=1S/C19H26I3N3O8/c1-7(27)23-4-9-13(20)12(15(22)16(14(9)21)24-8(2)28)19(33)25(3)5-10(29)17(31)18(32)11(30)6-26/h10-11,17-18,26,29-32H,4-6H2,1-3H3,(H,23,27)(H,24,28)/t10-,11+,17+,18+/m0/s1. The highest BCUT2D eigenvalue weighted by Gasteiger charge is 2.33. The van der Waals surface area contributed by atoms with Gasteiger partial charge in [-0.1, -0.05) is 0 Å². The van der Waals surface area contributed by atoms with Crippen LogP contribution in [0.3, 0.4) is 0 Å². The highest BCUT2D eigenvalue weighted by atomic mass is 127. The van der Waals surface area contributed by atoms with Crippen molar-refractivity contribution in [3.8, 4) is 0 Å². The minimum atomic E-state index is -1.82. The van der Waals surface area contributed by atoms with E-state index in [4.69, 9.17) is 5.11 Å². The number of likely N-dealkylation sites (N-methyl/N-ethyl adjacent to an activating group) is 1. The Balaban J connectivity index is 3.36. The number of nitrogens with zero attached hydrogens (tertiary/aromatic N) is 1. The van der Waals surface area contributed by atoms with E-state index in [9.17, 15) is 34.8 Å². The number of aliphatic hydroxyl groups excluding tert-OH is 5. The van der Waals surface area contributed by atoms with Crippen molar-refractivity contribution in [3.05, 3.63) is 21.8 Å². The van der Waals surface area contributed by atoms with Crippen LogP contribution in [0.2, 0.25) is 0 Å². The molecule has 3 amide bonds. The monoisotopic (exact) mass is 805 g/mol. The second-order valence-electron chi connectivity index (χ2n) is 7.25. The highest BCUT2D eigenvalue weighted by Crippen LogP contribution is 2.36. The molecule has 0 saturated heterocycles. The average molecular weight is 805 g/mol. The summed E-state index contributed by atoms with van der Waals surface area (Å²) in [4.78, 5) is 37.6. The van der Waals surface area contributed by atoms with Crippen LogP contribution < -0.4 is 10.6 Å². The molecule has 0 fully saturated rings. The van der Waals surface area contributed by atoms with Gasteiger partial charge in [0.15, 0.2) is 0 Å². The van der Waals surface area contributed by atoms with Crippen LogP contribution in [-0.2, 0) is 16.1 Å². The Bertz CT molecular complexity index is 902. The van der Waals surface area contributed by atoms with Crippen molar-refractivity contribution in [2.24, 2.45) is 0 Å². The first kappa shape index (κ1) is 30.7. The molecular formula is C19H26I3N3O8. The lowest BCUT2D eigenvalue weighted by atomic mass is 10.0. The molecule has 0 aliphatic rings. The minimum absolute atomic E-state index is 0.117. The molecule has 1 aromatic carbocycles. The van der Waals surface area contributed by atoms with Crippen molar-refractivity contribution in [2.45, 2.75) is 44.8 Å². The molecular weight excluding hydrogens is 779 g/mol. The molecule has 1 aromatic rings. The molecule has 33 heavy (non-hydrogen) atoms. The number of amides is 3. The summed E-state index contributed by atoms with van der Waals surface area (Å²) < 4.78 is 1.64. The van der Waals surface area contributed by atoms with E-state index < -0.39 is 43.5 Å². The fourth-order valence-corrected chi connectivity index (χ4v) is 7.06. The Morgan fingerprint density at radius 2 is 1.45 bits per heavy atom. The van der Waals surface area contributed by atoms with Gasteiger partial charge in [-0.25, -0.2) is 0 Å². The fraction of sp³-hybridized carbons (Fsp3) is 0.526. The number of carbonyl (C=O) groups excluding carboxylic acids is 3. The van der Waals surface area contributed by atoms with Gasteiger partial charge in [0.25, 0.3) is 5.91 Å². The van der Waals surface area contributed by atoms with Crippen LogP contribution in [-0.4, -0.2) is 92.8 Å². The van der Waals surface area contributed by atoms with Gasteiger partial charge in [-0.15, -0.1) is 0 Å². The molecule has 186 valence electrons. The number of anilines is 1. The summed E-state index contributed by atoms with van der Waals surface area (Å²) in [6.45, 7) is 1.59. The number of halogens is 3. The topological polar surface area (TPSA) is 180 Å². The molecule has 0 aromatic heterocycles. The number of nitrogens with one attached hydrogen (secondary N) is 2. The second kappa shape index (κ2) is 13.6. The molecule has 0 aliphatic carbocycles. The van der Waals surface area contributed by atoms with Gasteiger partial charge in [-0.2, -0.15) is 0 Å². The van der Waals surface area contributed by atoms with E-state index in [2.05, 4.69) is 10.6 Å². The molecule has 0 saturated carbocycles. The second-order valence-corrected chi connectivity index (χ2v) is 10.5. The zero-order chi connectivity index (χ0) is 25.6. The zero-order valence-electron chi connectivity index (χ0n) is 18.0. The van der Waals surface area contributed by atoms with Crippen LogP contribution in [0.5, 0.6) is 0 Å². The summed E-state index contributed by atoms with van der Waals surface area (Å²) in [6, 6.07) is 0. The summed E-state index contributed by atoms with van der Waals surface area (Å²) >= 11 is 5.94. The van der Waals surface area contributed by atoms with Crippen molar-refractivity contribution in [1.82, 2.24) is 10.2 Å². The molecule has 7 N–H and O–H groups in total. The maximum atomic E-state index is 13.3. The third kappa shape index (κ3) is 8.07. The number of hydrogen-bond acceptors (Lipinski definition) is 8. The van der Waals surface area contributed by atoms with Gasteiger partial charge in [0.2, 0.25) is 11.8 Å². The van der Waals surface area contributed by atoms with Crippen molar-refractivity contribution < 1.29 is 39.9 Å². The van der Waals surface area contributed by atoms with E-state index in [1.807, 2.05) is 67.8 Å². The predicted octanol–water partition coefficient (Wildman–Crippen LogP) is -0.397. The highest BCUT2D eigenvalue weighted by molar-refractivity contribution is 14.1. The Hall–Kier alpha value is -0.380. The quantitative estimate of drug-likeness (QED) is 0.156. The Kier molecular flexibility index (Phi) is 12.7. The first-order chi connectivity index (χ1) is 15.2. The molecule has 1 rings (SSSR count). The van der Waals surface area contributed by atoms with E-state index in [0.29, 0.717) is 22.0 Å². The third-order valence-corrected chi connectivity index (χ3v) is 8.03. The van der Waals surface area contributed by atoms with E-state index >= 15 is 0 Å². The number of benzene rings is 1. The van der Waals surface area contributed by atoms with Crippen molar-refractivity contribution >= 4 is 91.2 Å². The molecule has 14 heteroatoms. The van der Waals surface area contributed by atoms with Crippen molar-refractivity contribution in [2.75, 3.05) is 25.5 Å². The van der Waals surface area contributed by atoms with Crippen molar-refractivity contribution in [3.63, 3.8) is 0 Å². The zero-order valence-corrected chi connectivity index (χ0v) is 24.4. The first-order valence-corrected chi connectivity index (χ1v) is 12.8. The van der Waals surface area contributed by atoms with Gasteiger partial charge in [0.05, 0.1) is 21.4 Å². The van der Waals surface area contributed by atoms with Crippen LogP contribution in [0.15, 0.2) is 0 Å². The van der Waals surface area contributed by atoms with Gasteiger partial charge in [-0.3, -0.25) is 14.4 Å². The number of hydrogen-bond donors (Lipinski definition) is 7. The molecule has 0 aliphatic heterocycles. The van der Waals surface area contributed by atoms with Gasteiger partial charge in [0, 0.05) is 46.7 Å². The van der Waals surface area contributed by atoms with Gasteiger partial charge in [0.1, 0.15) is 24.4 Å². The summed E-state index contributed by atoms with van der Waals surface area (Å²) in [5.41, 5.74) is 1.25. The third-order valence-electron chi connectivity index (χ3n) is 4.57. The first-order valence-electron chi connectivity index (χ1n) is 9.54. The van der Waals surface area contributed by atoms with Crippen LogP contribution >= 0.6 is 67.8 Å². The predicted molar refractivity (Wildman–Crippen MR) is 144 cm³/mol. The molecule has 0 bridgehead atoms. The van der Waals surface area contributed by atoms with Crippen LogP contribution in [0.25, 0.3) is 0 Å². The lowest BCUT2D eigenvalue weighted by Crippen LogP contribution is -2.50. The Morgan fingerprint density at radius 1 is 0.909 bits per heavy atom.